The summed E-state index contributed by atoms with van der Waals surface area (Å²) >= 11 is 0. The molecule has 0 aromatic rings. The molecule has 2 N–H and O–H groups in total. The van der Waals surface area contributed by atoms with Crippen LogP contribution >= 0.6 is 0 Å². The maximum Gasteiger partial charge on any atom is 0.317 e. The number of nitrogens with one attached hydrogen (secondary N) is 2. The predicted molar refractivity (Wildman–Crippen MR) is 87.1 cm³/mol. The van der Waals surface area contributed by atoms with E-state index >= 15 is 0 Å². The second-order valence-corrected chi connectivity index (χ2v) is 8.05. The summed E-state index contributed by atoms with van der Waals surface area (Å²) in [6, 6.07) is -0.257. The fraction of sp³-hybridized carbons (Fsp3) is 0.800. The van der Waals surface area contributed by atoms with Crippen molar-refractivity contribution in [1.29, 1.82) is 0 Å². The highest BCUT2D eigenvalue weighted by Gasteiger charge is 2.25. The molecule has 0 aromatic heterocycles. The van der Waals surface area contributed by atoms with Gasteiger partial charge in [-0.2, -0.15) is 0 Å². The van der Waals surface area contributed by atoms with Crippen LogP contribution in [0.5, 0.6) is 0 Å². The maximum absolute atomic E-state index is 12.2. The molecule has 2 aliphatic rings. The normalized spacial score (nSPS) is 23.0. The quantitative estimate of drug-likeness (QED) is 0.752. The molecule has 0 aromatic carbocycles. The summed E-state index contributed by atoms with van der Waals surface area (Å²) < 4.78 is 25.2. The molecule has 22 heavy (non-hydrogen) atoms. The van der Waals surface area contributed by atoms with E-state index in [0.29, 0.717) is 19.6 Å². The van der Waals surface area contributed by atoms with Crippen LogP contribution in [0.15, 0.2) is 11.6 Å². The lowest BCUT2D eigenvalue weighted by atomic mass is 9.97. The summed E-state index contributed by atoms with van der Waals surface area (Å²) in [5.41, 5.74) is 1.45. The van der Waals surface area contributed by atoms with Crippen LogP contribution < -0.4 is 10.0 Å². The Morgan fingerprint density at radius 3 is 2.86 bits per heavy atom. The number of hydrogen-bond acceptors (Lipinski definition) is 3. The highest BCUT2D eigenvalue weighted by Crippen LogP contribution is 2.19. The van der Waals surface area contributed by atoms with Crippen LogP contribution in [-0.4, -0.2) is 51.3 Å². The molecule has 1 aliphatic carbocycles. The number of urea groups is 1. The summed E-state index contributed by atoms with van der Waals surface area (Å²) in [6.45, 7) is 1.80. The van der Waals surface area contributed by atoms with Crippen molar-refractivity contribution < 1.29 is 13.2 Å². The molecule has 2 rings (SSSR count). The maximum atomic E-state index is 12.2. The van der Waals surface area contributed by atoms with Crippen LogP contribution in [-0.2, 0) is 10.0 Å². The van der Waals surface area contributed by atoms with E-state index in [9.17, 15) is 13.2 Å². The Hall–Kier alpha value is -1.08. The molecule has 1 fully saturated rings. The summed E-state index contributed by atoms with van der Waals surface area (Å²) in [6.07, 6.45) is 10.8. The minimum absolute atomic E-state index is 0.0867. The van der Waals surface area contributed by atoms with Gasteiger partial charge in [0.1, 0.15) is 0 Å². The van der Waals surface area contributed by atoms with Gasteiger partial charge in [0, 0.05) is 25.7 Å². The molecule has 126 valence electrons. The van der Waals surface area contributed by atoms with E-state index in [1.54, 1.807) is 4.90 Å². The fourth-order valence-corrected chi connectivity index (χ4v) is 3.93. The molecular formula is C15H27N3O3S. The van der Waals surface area contributed by atoms with E-state index in [0.717, 1.165) is 38.4 Å². The first-order valence-electron chi connectivity index (χ1n) is 8.12. The molecule has 0 radical (unpaired) electrons. The highest BCUT2D eigenvalue weighted by molar-refractivity contribution is 7.88. The molecule has 0 bridgehead atoms. The highest BCUT2D eigenvalue weighted by atomic mass is 32.2. The zero-order valence-corrected chi connectivity index (χ0v) is 14.1. The van der Waals surface area contributed by atoms with Crippen molar-refractivity contribution >= 4 is 16.1 Å². The largest absolute Gasteiger partial charge is 0.338 e. The van der Waals surface area contributed by atoms with Crippen LogP contribution in [0.4, 0.5) is 4.79 Å². The van der Waals surface area contributed by atoms with Gasteiger partial charge < -0.3 is 10.2 Å². The lowest BCUT2D eigenvalue weighted by molar-refractivity contribution is 0.177. The molecule has 6 nitrogen and oxygen atoms in total. The number of rotatable bonds is 5. The van der Waals surface area contributed by atoms with Gasteiger partial charge in [0.05, 0.1) is 6.26 Å². The van der Waals surface area contributed by atoms with E-state index in [-0.39, 0.29) is 12.1 Å². The smallest absolute Gasteiger partial charge is 0.317 e. The van der Waals surface area contributed by atoms with E-state index in [2.05, 4.69) is 16.1 Å². The second kappa shape index (κ2) is 7.97. The van der Waals surface area contributed by atoms with Gasteiger partial charge in [0.25, 0.3) is 0 Å². The third-order valence-corrected chi connectivity index (χ3v) is 4.96. The summed E-state index contributed by atoms with van der Waals surface area (Å²) in [5, 5.41) is 2.95. The molecule has 0 spiro atoms. The van der Waals surface area contributed by atoms with Crippen LogP contribution in [0.1, 0.15) is 44.9 Å². The SMILES string of the molecule is CS(=O)(=O)N[C@@H]1CCCN(C(=O)NCCC2=CCCCC2)C1. The van der Waals surface area contributed by atoms with Crippen molar-refractivity contribution in [2.75, 3.05) is 25.9 Å². The van der Waals surface area contributed by atoms with Gasteiger partial charge >= 0.3 is 6.03 Å². The summed E-state index contributed by atoms with van der Waals surface area (Å²) in [4.78, 5) is 13.9. The van der Waals surface area contributed by atoms with Gasteiger partial charge in [0.2, 0.25) is 10.0 Å². The number of nitrogens with zero attached hydrogens (tertiary/aromatic N) is 1. The van der Waals surface area contributed by atoms with Gasteiger partial charge in [-0.3, -0.25) is 0 Å². The number of carbonyl (C=O) groups excluding carboxylic acids is 1. The van der Waals surface area contributed by atoms with Gasteiger partial charge in [-0.1, -0.05) is 11.6 Å². The van der Waals surface area contributed by atoms with Crippen molar-refractivity contribution in [2.24, 2.45) is 0 Å². The number of likely N-dealkylation sites (tertiary alicyclic amines) is 1. The van der Waals surface area contributed by atoms with Crippen molar-refractivity contribution in [1.82, 2.24) is 14.9 Å². The molecule has 7 heteroatoms. The molecule has 1 saturated heterocycles. The number of amides is 2. The van der Waals surface area contributed by atoms with Crippen molar-refractivity contribution in [2.45, 2.75) is 51.0 Å². The number of carbonyl (C=O) groups is 1. The Morgan fingerprint density at radius 2 is 2.18 bits per heavy atom. The van der Waals surface area contributed by atoms with E-state index in [1.165, 1.54) is 18.4 Å². The first-order valence-corrected chi connectivity index (χ1v) is 10.0. The molecule has 1 heterocycles. The average molecular weight is 329 g/mol. The van der Waals surface area contributed by atoms with Gasteiger partial charge in [-0.25, -0.2) is 17.9 Å². The van der Waals surface area contributed by atoms with Gasteiger partial charge in [-0.05, 0) is 44.9 Å². The molecule has 0 saturated carbocycles. The monoisotopic (exact) mass is 329 g/mol. The third-order valence-electron chi connectivity index (χ3n) is 4.20. The predicted octanol–water partition coefficient (Wildman–Crippen LogP) is 1.60. The number of sulfonamides is 1. The van der Waals surface area contributed by atoms with Crippen molar-refractivity contribution in [3.63, 3.8) is 0 Å². The van der Waals surface area contributed by atoms with Crippen LogP contribution in [0.3, 0.4) is 0 Å². The van der Waals surface area contributed by atoms with Crippen LogP contribution in [0.25, 0.3) is 0 Å². The minimum atomic E-state index is -3.22. The molecule has 0 unspecified atom stereocenters. The molecule has 1 aliphatic heterocycles. The Morgan fingerprint density at radius 1 is 1.36 bits per heavy atom. The first-order chi connectivity index (χ1) is 10.4. The standard InChI is InChI=1S/C15H27N3O3S/c1-22(20,21)17-14-8-5-11-18(12-14)15(19)16-10-9-13-6-3-2-4-7-13/h6,14,17H,2-5,7-12H2,1H3,(H,16,19)/t14-/m1/s1. The summed E-state index contributed by atoms with van der Waals surface area (Å²) in [7, 11) is -3.22. The van der Waals surface area contributed by atoms with Crippen LogP contribution in [0.2, 0.25) is 0 Å². The Labute approximate surface area is 133 Å². The zero-order valence-electron chi connectivity index (χ0n) is 13.3. The third kappa shape index (κ3) is 5.96. The molecule has 2 amide bonds. The minimum Gasteiger partial charge on any atom is -0.338 e. The Kier molecular flexibility index (Phi) is 6.26. The van der Waals surface area contributed by atoms with Crippen molar-refractivity contribution in [3.05, 3.63) is 11.6 Å². The molecular weight excluding hydrogens is 302 g/mol. The van der Waals surface area contributed by atoms with E-state index in [4.69, 9.17) is 0 Å². The fourth-order valence-electron chi connectivity index (χ4n) is 3.13. The lowest BCUT2D eigenvalue weighted by Crippen LogP contribution is -2.52. The van der Waals surface area contributed by atoms with Gasteiger partial charge in [-0.15, -0.1) is 0 Å². The number of allylic oxidation sites excluding steroid dienone is 1. The molecule has 1 atom stereocenters. The second-order valence-electron chi connectivity index (χ2n) is 6.27. The van der Waals surface area contributed by atoms with E-state index < -0.39 is 10.0 Å². The zero-order chi connectivity index (χ0) is 16.0. The first kappa shape index (κ1) is 17.3. The topological polar surface area (TPSA) is 78.5 Å². The lowest BCUT2D eigenvalue weighted by Gasteiger charge is -2.32. The summed E-state index contributed by atoms with van der Waals surface area (Å²) in [5.74, 6) is 0. The Bertz CT molecular complexity index is 516. The average Bonchev–Trinajstić information content (AvgIpc) is 2.47. The van der Waals surface area contributed by atoms with Gasteiger partial charge in [0.15, 0.2) is 0 Å². The number of hydrogen-bond donors (Lipinski definition) is 2. The Balaban J connectivity index is 1.73. The number of piperidine rings is 1. The van der Waals surface area contributed by atoms with Crippen LogP contribution in [0, 0.1) is 0 Å². The van der Waals surface area contributed by atoms with Crippen molar-refractivity contribution in [3.8, 4) is 0 Å². The van der Waals surface area contributed by atoms with E-state index in [1.807, 2.05) is 0 Å².